The summed E-state index contributed by atoms with van der Waals surface area (Å²) in [6.45, 7) is 6.81. The molecule has 0 aromatic carbocycles. The molecule has 0 aromatic heterocycles. The Kier molecular flexibility index (Phi) is 22.1. The zero-order chi connectivity index (χ0) is 24.0. The van der Waals surface area contributed by atoms with Crippen molar-refractivity contribution >= 4 is 17.4 Å². The highest BCUT2D eigenvalue weighted by Crippen LogP contribution is 2.61. The molecule has 0 saturated carbocycles. The maximum absolute atomic E-state index is 11.4. The van der Waals surface area contributed by atoms with Crippen molar-refractivity contribution in [2.24, 2.45) is 0 Å². The first-order chi connectivity index (χ1) is 15.4. The van der Waals surface area contributed by atoms with Crippen LogP contribution in [0.25, 0.3) is 0 Å². The SMILES string of the molecule is CCCCCCCC[P+](CCCCCCCC)(CCCCCCCC)CCCS(=O)(=O)O. The second kappa shape index (κ2) is 21.8. The fourth-order valence-corrected chi connectivity index (χ4v) is 10.5. The van der Waals surface area contributed by atoms with Gasteiger partial charge in [-0.3, -0.25) is 4.55 Å². The van der Waals surface area contributed by atoms with Crippen molar-refractivity contribution in [2.45, 2.75) is 143 Å². The van der Waals surface area contributed by atoms with Crippen LogP contribution in [-0.4, -0.2) is 43.4 Å². The summed E-state index contributed by atoms with van der Waals surface area (Å²) in [7, 11) is -4.96. The largest absolute Gasteiger partial charge is 0.286 e. The molecule has 194 valence electrons. The minimum atomic E-state index is -3.84. The predicted octanol–water partition coefficient (Wildman–Crippen LogP) is 9.36. The van der Waals surface area contributed by atoms with Crippen LogP contribution in [0.1, 0.15) is 143 Å². The standard InChI is InChI=1S/C27H57O3PS/c1-4-7-10-13-16-19-23-31(26-22-27-32(28,29)30,24-20-17-14-11-8-5-2)25-21-18-15-12-9-6-3/h4-27H2,1-3H3/p+1. The van der Waals surface area contributed by atoms with Gasteiger partial charge in [-0.05, 0) is 44.9 Å². The van der Waals surface area contributed by atoms with Crippen LogP contribution in [-0.2, 0) is 10.1 Å². The van der Waals surface area contributed by atoms with Crippen LogP contribution in [0.3, 0.4) is 0 Å². The molecule has 3 nitrogen and oxygen atoms in total. The first-order valence-corrected chi connectivity index (χ1v) is 18.3. The molecule has 0 amide bonds. The summed E-state index contributed by atoms with van der Waals surface area (Å²) < 4.78 is 32.0. The first kappa shape index (κ1) is 32.3. The van der Waals surface area contributed by atoms with Crippen LogP contribution in [0.4, 0.5) is 0 Å². The van der Waals surface area contributed by atoms with Crippen molar-refractivity contribution in [1.82, 2.24) is 0 Å². The monoisotopic (exact) mass is 493 g/mol. The van der Waals surface area contributed by atoms with Crippen LogP contribution in [0, 0.1) is 0 Å². The van der Waals surface area contributed by atoms with Gasteiger partial charge in [0.15, 0.2) is 0 Å². The summed E-state index contributed by atoms with van der Waals surface area (Å²) in [5.74, 6) is -0.0434. The Balaban J connectivity index is 4.87. The van der Waals surface area contributed by atoms with Crippen LogP contribution in [0.15, 0.2) is 0 Å². The Labute approximate surface area is 203 Å². The van der Waals surface area contributed by atoms with Gasteiger partial charge in [0.2, 0.25) is 0 Å². The third-order valence-corrected chi connectivity index (χ3v) is 12.9. The van der Waals surface area contributed by atoms with Gasteiger partial charge in [0.1, 0.15) is 0 Å². The molecule has 0 spiro atoms. The van der Waals surface area contributed by atoms with E-state index in [1.165, 1.54) is 134 Å². The second-order valence-corrected chi connectivity index (χ2v) is 16.2. The van der Waals surface area contributed by atoms with E-state index in [0.29, 0.717) is 6.42 Å². The van der Waals surface area contributed by atoms with Crippen LogP contribution in [0.2, 0.25) is 0 Å². The predicted molar refractivity (Wildman–Crippen MR) is 148 cm³/mol. The Bertz CT molecular complexity index is 452. The van der Waals surface area contributed by atoms with Crippen molar-refractivity contribution in [3.63, 3.8) is 0 Å². The summed E-state index contributed by atoms with van der Waals surface area (Å²) in [6, 6.07) is 0. The Hall–Kier alpha value is 0.340. The highest BCUT2D eigenvalue weighted by atomic mass is 32.2. The highest BCUT2D eigenvalue weighted by molar-refractivity contribution is 7.85. The topological polar surface area (TPSA) is 54.4 Å². The zero-order valence-electron chi connectivity index (χ0n) is 22.1. The van der Waals surface area contributed by atoms with Crippen molar-refractivity contribution in [1.29, 1.82) is 0 Å². The molecule has 0 unspecified atom stereocenters. The molecule has 1 N–H and O–H groups in total. The summed E-state index contributed by atoms with van der Waals surface area (Å²) in [5, 5.41) is 0. The van der Waals surface area contributed by atoms with E-state index >= 15 is 0 Å². The van der Waals surface area contributed by atoms with Gasteiger partial charge >= 0.3 is 0 Å². The van der Waals surface area contributed by atoms with Gasteiger partial charge in [0.25, 0.3) is 10.1 Å². The van der Waals surface area contributed by atoms with E-state index in [-0.39, 0.29) is 5.75 Å². The van der Waals surface area contributed by atoms with Crippen molar-refractivity contribution in [3.05, 3.63) is 0 Å². The average molecular weight is 494 g/mol. The fourth-order valence-electron chi connectivity index (χ4n) is 4.94. The van der Waals surface area contributed by atoms with Crippen molar-refractivity contribution in [3.8, 4) is 0 Å². The van der Waals surface area contributed by atoms with Gasteiger partial charge in [0.05, 0.1) is 30.4 Å². The third kappa shape index (κ3) is 20.9. The highest BCUT2D eigenvalue weighted by Gasteiger charge is 2.35. The smallest absolute Gasteiger partial charge is 0.264 e. The molecule has 0 bridgehead atoms. The minimum Gasteiger partial charge on any atom is -0.286 e. The molecule has 0 heterocycles. The molecule has 0 fully saturated rings. The lowest BCUT2D eigenvalue weighted by Crippen LogP contribution is -2.16. The molecule has 0 saturated heterocycles. The van der Waals surface area contributed by atoms with Crippen molar-refractivity contribution in [2.75, 3.05) is 30.4 Å². The van der Waals surface area contributed by atoms with Crippen molar-refractivity contribution < 1.29 is 13.0 Å². The van der Waals surface area contributed by atoms with E-state index in [9.17, 15) is 13.0 Å². The van der Waals surface area contributed by atoms with E-state index in [1.807, 2.05) is 0 Å². The summed E-state index contributed by atoms with van der Waals surface area (Å²) in [5.41, 5.74) is 0. The number of hydrogen-bond acceptors (Lipinski definition) is 2. The third-order valence-electron chi connectivity index (χ3n) is 6.99. The number of unbranched alkanes of at least 4 members (excludes halogenated alkanes) is 15. The van der Waals surface area contributed by atoms with E-state index in [2.05, 4.69) is 20.8 Å². The zero-order valence-corrected chi connectivity index (χ0v) is 23.8. The summed E-state index contributed by atoms with van der Waals surface area (Å²) in [6.07, 6.45) is 29.9. The van der Waals surface area contributed by atoms with Crippen LogP contribution >= 0.6 is 7.26 Å². The second-order valence-electron chi connectivity index (χ2n) is 10.2. The molecule has 0 aliphatic rings. The van der Waals surface area contributed by atoms with Crippen LogP contribution < -0.4 is 0 Å². The molecule has 0 aliphatic heterocycles. The molecule has 0 atom stereocenters. The molecule has 0 aromatic rings. The average Bonchev–Trinajstić information content (AvgIpc) is 2.74. The van der Waals surface area contributed by atoms with Gasteiger partial charge in [-0.15, -0.1) is 0 Å². The Morgan fingerprint density at radius 2 is 0.750 bits per heavy atom. The Morgan fingerprint density at radius 1 is 0.469 bits per heavy atom. The van der Waals surface area contributed by atoms with E-state index < -0.39 is 17.4 Å². The lowest BCUT2D eigenvalue weighted by Gasteiger charge is -2.28. The lowest BCUT2D eigenvalue weighted by molar-refractivity contribution is 0.482. The summed E-state index contributed by atoms with van der Waals surface area (Å²) >= 11 is 0. The van der Waals surface area contributed by atoms with E-state index in [4.69, 9.17) is 0 Å². The lowest BCUT2D eigenvalue weighted by atomic mass is 10.1. The molecular formula is C27H58O3PS+. The molecule has 5 heteroatoms. The fraction of sp³-hybridized carbons (Fsp3) is 1.00. The minimum absolute atomic E-state index is 0.0434. The molecule has 0 radical (unpaired) electrons. The number of hydrogen-bond donors (Lipinski definition) is 1. The van der Waals surface area contributed by atoms with E-state index in [0.717, 1.165) is 6.16 Å². The summed E-state index contributed by atoms with van der Waals surface area (Å²) in [4.78, 5) is 0. The molecule has 0 aliphatic carbocycles. The Morgan fingerprint density at radius 3 is 1.06 bits per heavy atom. The van der Waals surface area contributed by atoms with Gasteiger partial charge in [-0.1, -0.05) is 97.8 Å². The van der Waals surface area contributed by atoms with E-state index in [1.54, 1.807) is 0 Å². The van der Waals surface area contributed by atoms with Gasteiger partial charge in [-0.2, -0.15) is 8.42 Å². The molecule has 0 rings (SSSR count). The maximum atomic E-state index is 11.4. The van der Waals surface area contributed by atoms with Gasteiger partial charge < -0.3 is 0 Å². The normalized spacial score (nSPS) is 12.5. The molecular weight excluding hydrogens is 435 g/mol. The van der Waals surface area contributed by atoms with Gasteiger partial charge in [0, 0.05) is 7.26 Å². The first-order valence-electron chi connectivity index (χ1n) is 14.2. The number of rotatable bonds is 25. The quantitative estimate of drug-likeness (QED) is 0.0782. The molecule has 32 heavy (non-hydrogen) atoms. The van der Waals surface area contributed by atoms with Gasteiger partial charge in [-0.25, -0.2) is 0 Å². The van der Waals surface area contributed by atoms with Crippen LogP contribution in [0.5, 0.6) is 0 Å². The maximum Gasteiger partial charge on any atom is 0.264 e.